The molecule has 2 rings (SSSR count). The molecule has 2 aromatic rings. The molecule has 124 valence electrons. The van der Waals surface area contributed by atoms with E-state index in [1.807, 2.05) is 13.8 Å². The van der Waals surface area contributed by atoms with Crippen LogP contribution in [-0.2, 0) is 10.0 Å². The van der Waals surface area contributed by atoms with Crippen molar-refractivity contribution in [3.8, 4) is 0 Å². The first-order valence-corrected chi connectivity index (χ1v) is 9.38. The summed E-state index contributed by atoms with van der Waals surface area (Å²) in [7, 11) is -3.83. The summed E-state index contributed by atoms with van der Waals surface area (Å²) in [6, 6.07) is 4.61. The summed E-state index contributed by atoms with van der Waals surface area (Å²) in [5.74, 6) is -0.0651. The molecule has 6 nitrogen and oxygen atoms in total. The number of thiazole rings is 1. The summed E-state index contributed by atoms with van der Waals surface area (Å²) in [5.41, 5.74) is 1.57. The van der Waals surface area contributed by atoms with Crippen LogP contribution in [-0.4, -0.2) is 19.3 Å². The number of rotatable bonds is 4. The minimum absolute atomic E-state index is 0.000744. The van der Waals surface area contributed by atoms with E-state index in [1.54, 1.807) is 26.0 Å². The SMILES string of the molecule is Cc1ccc(NC(=O)c2sc(C(C)C)nc2C)cc1S(N)(=O)=O. The highest BCUT2D eigenvalue weighted by Gasteiger charge is 2.18. The zero-order valence-corrected chi connectivity index (χ0v) is 15.0. The zero-order chi connectivity index (χ0) is 17.4. The topological polar surface area (TPSA) is 102 Å². The number of anilines is 1. The molecular weight excluding hydrogens is 334 g/mol. The Morgan fingerprint density at radius 2 is 1.96 bits per heavy atom. The van der Waals surface area contributed by atoms with Crippen molar-refractivity contribution in [1.29, 1.82) is 0 Å². The largest absolute Gasteiger partial charge is 0.321 e. The van der Waals surface area contributed by atoms with E-state index in [-0.39, 0.29) is 16.7 Å². The second-order valence-corrected chi connectivity index (χ2v) is 8.16. The molecule has 0 aliphatic heterocycles. The fraction of sp³-hybridized carbons (Fsp3) is 0.333. The number of nitrogens with zero attached hydrogens (tertiary/aromatic N) is 1. The lowest BCUT2D eigenvalue weighted by Gasteiger charge is -2.08. The van der Waals surface area contributed by atoms with Gasteiger partial charge in [0.25, 0.3) is 5.91 Å². The quantitative estimate of drug-likeness (QED) is 0.882. The van der Waals surface area contributed by atoms with E-state index in [2.05, 4.69) is 10.3 Å². The number of nitrogens with two attached hydrogens (primary N) is 1. The molecule has 0 spiro atoms. The van der Waals surface area contributed by atoms with Gasteiger partial charge in [-0.2, -0.15) is 0 Å². The van der Waals surface area contributed by atoms with Crippen LogP contribution in [0, 0.1) is 13.8 Å². The van der Waals surface area contributed by atoms with Gasteiger partial charge in [-0.25, -0.2) is 18.5 Å². The van der Waals surface area contributed by atoms with Crippen LogP contribution in [0.1, 0.15) is 45.7 Å². The predicted octanol–water partition coefficient (Wildman–Crippen LogP) is 2.78. The van der Waals surface area contributed by atoms with E-state index in [1.165, 1.54) is 17.4 Å². The number of hydrogen-bond donors (Lipinski definition) is 2. The molecule has 0 bridgehead atoms. The van der Waals surface area contributed by atoms with E-state index in [0.29, 0.717) is 21.8 Å². The number of aryl methyl sites for hydroxylation is 2. The number of benzene rings is 1. The monoisotopic (exact) mass is 353 g/mol. The number of sulfonamides is 1. The van der Waals surface area contributed by atoms with Gasteiger partial charge in [-0.05, 0) is 31.5 Å². The summed E-state index contributed by atoms with van der Waals surface area (Å²) in [6.07, 6.45) is 0. The van der Waals surface area contributed by atoms with Gasteiger partial charge in [-0.3, -0.25) is 4.79 Å². The molecule has 0 saturated heterocycles. The van der Waals surface area contributed by atoms with Gasteiger partial charge >= 0.3 is 0 Å². The Hall–Kier alpha value is -1.77. The first-order valence-electron chi connectivity index (χ1n) is 7.01. The Kier molecular flexibility index (Phi) is 4.88. The third-order valence-electron chi connectivity index (χ3n) is 3.27. The van der Waals surface area contributed by atoms with Gasteiger partial charge in [0.05, 0.1) is 15.6 Å². The highest BCUT2D eigenvalue weighted by Crippen LogP contribution is 2.26. The minimum atomic E-state index is -3.83. The second kappa shape index (κ2) is 6.38. The number of hydrogen-bond acceptors (Lipinski definition) is 5. The normalized spacial score (nSPS) is 11.7. The Labute approximate surface area is 139 Å². The van der Waals surface area contributed by atoms with Gasteiger partial charge in [0.1, 0.15) is 4.88 Å². The van der Waals surface area contributed by atoms with Crippen molar-refractivity contribution in [3.63, 3.8) is 0 Å². The number of nitrogens with one attached hydrogen (secondary N) is 1. The molecule has 0 unspecified atom stereocenters. The maximum atomic E-state index is 12.4. The molecule has 0 atom stereocenters. The lowest BCUT2D eigenvalue weighted by atomic mass is 10.2. The summed E-state index contributed by atoms with van der Waals surface area (Å²) in [5, 5.41) is 8.77. The van der Waals surface area contributed by atoms with Gasteiger partial charge in [0, 0.05) is 11.6 Å². The molecule has 1 amide bonds. The summed E-state index contributed by atoms with van der Waals surface area (Å²) in [4.78, 5) is 17.3. The third kappa shape index (κ3) is 3.95. The molecule has 0 fully saturated rings. The van der Waals surface area contributed by atoms with E-state index in [4.69, 9.17) is 5.14 Å². The second-order valence-electron chi connectivity index (χ2n) is 5.60. The van der Waals surface area contributed by atoms with Crippen LogP contribution >= 0.6 is 11.3 Å². The molecule has 23 heavy (non-hydrogen) atoms. The van der Waals surface area contributed by atoms with Crippen molar-refractivity contribution in [2.75, 3.05) is 5.32 Å². The van der Waals surface area contributed by atoms with Gasteiger partial charge in [0.15, 0.2) is 0 Å². The van der Waals surface area contributed by atoms with Crippen molar-refractivity contribution in [1.82, 2.24) is 4.98 Å². The summed E-state index contributed by atoms with van der Waals surface area (Å²) < 4.78 is 23.1. The third-order valence-corrected chi connectivity index (χ3v) is 5.78. The van der Waals surface area contributed by atoms with Crippen molar-refractivity contribution in [3.05, 3.63) is 39.3 Å². The number of aromatic nitrogens is 1. The van der Waals surface area contributed by atoms with Gasteiger partial charge in [-0.15, -0.1) is 11.3 Å². The Bertz CT molecular complexity index is 855. The minimum Gasteiger partial charge on any atom is -0.321 e. The van der Waals surface area contributed by atoms with Gasteiger partial charge in [0.2, 0.25) is 10.0 Å². The van der Waals surface area contributed by atoms with Gasteiger partial charge < -0.3 is 5.32 Å². The lowest BCUT2D eigenvalue weighted by molar-refractivity contribution is 0.102. The smallest absolute Gasteiger partial charge is 0.267 e. The molecule has 1 heterocycles. The lowest BCUT2D eigenvalue weighted by Crippen LogP contribution is -2.16. The van der Waals surface area contributed by atoms with Crippen LogP contribution in [0.25, 0.3) is 0 Å². The first-order chi connectivity index (χ1) is 10.6. The average Bonchev–Trinajstić information content (AvgIpc) is 2.82. The molecule has 1 aromatic carbocycles. The molecule has 0 aliphatic rings. The fourth-order valence-electron chi connectivity index (χ4n) is 2.05. The van der Waals surface area contributed by atoms with Crippen molar-refractivity contribution in [2.45, 2.75) is 38.5 Å². The van der Waals surface area contributed by atoms with E-state index in [0.717, 1.165) is 5.01 Å². The molecule has 0 aliphatic carbocycles. The van der Waals surface area contributed by atoms with E-state index >= 15 is 0 Å². The molecule has 3 N–H and O–H groups in total. The Balaban J connectivity index is 2.31. The standard InChI is InChI=1S/C15H19N3O3S2/c1-8(2)15-17-10(4)13(22-15)14(19)18-11-6-5-9(3)12(7-11)23(16,20)21/h5-8H,1-4H3,(H,18,19)(H2,16,20,21). The molecular formula is C15H19N3O3S2. The van der Waals surface area contributed by atoms with Crippen LogP contribution in [0.15, 0.2) is 23.1 Å². The van der Waals surface area contributed by atoms with Crippen molar-refractivity contribution in [2.24, 2.45) is 5.14 Å². The van der Waals surface area contributed by atoms with Crippen LogP contribution < -0.4 is 10.5 Å². The van der Waals surface area contributed by atoms with Crippen LogP contribution in [0.2, 0.25) is 0 Å². The van der Waals surface area contributed by atoms with Crippen LogP contribution in [0.4, 0.5) is 5.69 Å². The maximum Gasteiger partial charge on any atom is 0.267 e. The number of carbonyl (C=O) groups excluding carboxylic acids is 1. The number of carbonyl (C=O) groups is 1. The first kappa shape index (κ1) is 17.6. The molecule has 0 radical (unpaired) electrons. The predicted molar refractivity (Wildman–Crippen MR) is 91.4 cm³/mol. The Morgan fingerprint density at radius 3 is 2.48 bits per heavy atom. The van der Waals surface area contributed by atoms with Crippen LogP contribution in [0.3, 0.4) is 0 Å². The highest BCUT2D eigenvalue weighted by atomic mass is 32.2. The van der Waals surface area contributed by atoms with E-state index < -0.39 is 10.0 Å². The van der Waals surface area contributed by atoms with E-state index in [9.17, 15) is 13.2 Å². The highest BCUT2D eigenvalue weighted by molar-refractivity contribution is 7.89. The maximum absolute atomic E-state index is 12.4. The van der Waals surface area contributed by atoms with Crippen LogP contribution in [0.5, 0.6) is 0 Å². The molecule has 8 heteroatoms. The molecule has 1 aromatic heterocycles. The van der Waals surface area contributed by atoms with Crippen molar-refractivity contribution >= 4 is 33.0 Å². The zero-order valence-electron chi connectivity index (χ0n) is 13.4. The number of amides is 1. The molecule has 0 saturated carbocycles. The number of primary sulfonamides is 1. The van der Waals surface area contributed by atoms with Gasteiger partial charge in [-0.1, -0.05) is 19.9 Å². The van der Waals surface area contributed by atoms with Crippen molar-refractivity contribution < 1.29 is 13.2 Å². The average molecular weight is 353 g/mol. The fourth-order valence-corrected chi connectivity index (χ4v) is 3.82. The summed E-state index contributed by atoms with van der Waals surface area (Å²) in [6.45, 7) is 7.45. The Morgan fingerprint density at radius 1 is 1.30 bits per heavy atom. The summed E-state index contributed by atoms with van der Waals surface area (Å²) >= 11 is 1.34.